The Bertz CT molecular complexity index is 785. The van der Waals surface area contributed by atoms with E-state index in [4.69, 9.17) is 4.98 Å². The summed E-state index contributed by atoms with van der Waals surface area (Å²) in [5.74, 6) is 1.20. The van der Waals surface area contributed by atoms with Gasteiger partial charge in [0.25, 0.3) is 0 Å². The number of nitrogens with one attached hydrogen (secondary N) is 2. The lowest BCUT2D eigenvalue weighted by atomic mass is 10.1. The Labute approximate surface area is 181 Å². The summed E-state index contributed by atoms with van der Waals surface area (Å²) in [6.45, 7) is 11.0. The summed E-state index contributed by atoms with van der Waals surface area (Å²) in [6, 6.07) is 8.14. The summed E-state index contributed by atoms with van der Waals surface area (Å²) in [6.07, 6.45) is 5.84. The lowest BCUT2D eigenvalue weighted by molar-refractivity contribution is 0.263. The number of unbranched alkanes of at least 4 members (excludes halogenated alkanes) is 2. The molecule has 0 amide bonds. The van der Waals surface area contributed by atoms with Crippen molar-refractivity contribution in [3.05, 3.63) is 24.3 Å². The van der Waals surface area contributed by atoms with Gasteiger partial charge >= 0.3 is 0 Å². The minimum absolute atomic E-state index is 0.282. The highest BCUT2D eigenvalue weighted by Gasteiger charge is 2.17. The third-order valence-electron chi connectivity index (χ3n) is 6.21. The van der Waals surface area contributed by atoms with E-state index in [2.05, 4.69) is 47.4 Å². The number of aromatic hydroxyl groups is 1. The van der Waals surface area contributed by atoms with Crippen molar-refractivity contribution in [3.63, 3.8) is 0 Å². The molecule has 0 unspecified atom stereocenters. The molecule has 0 spiro atoms. The van der Waals surface area contributed by atoms with Gasteiger partial charge in [-0.15, -0.1) is 0 Å². The molecule has 1 saturated heterocycles. The summed E-state index contributed by atoms with van der Waals surface area (Å²) in [5.41, 5.74) is 1.84. The molecule has 0 atom stereocenters. The summed E-state index contributed by atoms with van der Waals surface area (Å²) >= 11 is 0. The molecule has 1 aromatic carbocycles. The highest BCUT2D eigenvalue weighted by molar-refractivity contribution is 5.93. The molecule has 2 aromatic rings. The van der Waals surface area contributed by atoms with Crippen molar-refractivity contribution in [3.8, 4) is 5.75 Å². The third kappa shape index (κ3) is 6.47. The number of pyridine rings is 1. The molecule has 0 aliphatic carbocycles. The number of benzene rings is 1. The van der Waals surface area contributed by atoms with Crippen molar-refractivity contribution in [1.82, 2.24) is 14.8 Å². The highest BCUT2D eigenvalue weighted by atomic mass is 16.3. The predicted octanol–water partition coefficient (Wildman–Crippen LogP) is 4.37. The number of likely N-dealkylation sites (tertiary alicyclic amines) is 1. The molecule has 166 valence electrons. The number of nitrogens with zero attached hydrogens (tertiary/aromatic N) is 3. The zero-order valence-corrected chi connectivity index (χ0v) is 19.0. The highest BCUT2D eigenvalue weighted by Crippen LogP contribution is 2.29. The van der Waals surface area contributed by atoms with Gasteiger partial charge in [0.05, 0.1) is 11.2 Å². The number of phenols is 1. The maximum atomic E-state index is 10.1. The number of piperidine rings is 1. The van der Waals surface area contributed by atoms with E-state index in [1.165, 1.54) is 19.4 Å². The second-order valence-electron chi connectivity index (χ2n) is 8.50. The van der Waals surface area contributed by atoms with E-state index in [0.29, 0.717) is 6.04 Å². The molecular weight excluding hydrogens is 374 g/mol. The fraction of sp³-hybridized carbons (Fsp3) is 0.625. The summed E-state index contributed by atoms with van der Waals surface area (Å²) in [4.78, 5) is 9.73. The summed E-state index contributed by atoms with van der Waals surface area (Å²) in [7, 11) is 2.18. The van der Waals surface area contributed by atoms with Crippen LogP contribution in [0.25, 0.3) is 10.9 Å². The van der Waals surface area contributed by atoms with Crippen LogP contribution >= 0.6 is 0 Å². The average Bonchev–Trinajstić information content (AvgIpc) is 2.75. The van der Waals surface area contributed by atoms with Crippen LogP contribution in [0.15, 0.2) is 24.3 Å². The normalized spacial score (nSPS) is 15.7. The van der Waals surface area contributed by atoms with Gasteiger partial charge in [0.15, 0.2) is 0 Å². The topological polar surface area (TPSA) is 63.7 Å². The average molecular weight is 414 g/mol. The Morgan fingerprint density at radius 2 is 1.87 bits per heavy atom. The third-order valence-corrected chi connectivity index (χ3v) is 6.21. The van der Waals surface area contributed by atoms with Crippen LogP contribution in [-0.4, -0.2) is 72.2 Å². The summed E-state index contributed by atoms with van der Waals surface area (Å²) < 4.78 is 0. The van der Waals surface area contributed by atoms with E-state index in [0.717, 1.165) is 74.4 Å². The van der Waals surface area contributed by atoms with Crippen molar-refractivity contribution in [1.29, 1.82) is 0 Å². The van der Waals surface area contributed by atoms with Crippen LogP contribution in [0.1, 0.15) is 46.0 Å². The standard InChI is InChI=1S/C24H39N5O/c1-4-29(5-2)14-8-6-7-13-25-22-18-21(30)17-19-9-10-23(27-24(19)22)26-20-11-15-28(3)16-12-20/h9-10,17-18,20,25,30H,4-8,11-16H2,1-3H3,(H,26,27). The molecule has 1 aliphatic rings. The van der Waals surface area contributed by atoms with Crippen molar-refractivity contribution in [2.45, 2.75) is 52.0 Å². The molecule has 2 heterocycles. The molecule has 30 heavy (non-hydrogen) atoms. The van der Waals surface area contributed by atoms with Crippen LogP contribution in [0.3, 0.4) is 0 Å². The molecule has 0 radical (unpaired) electrons. The Hall–Kier alpha value is -2.05. The van der Waals surface area contributed by atoms with Crippen molar-refractivity contribution >= 4 is 22.4 Å². The van der Waals surface area contributed by atoms with Crippen LogP contribution in [0.4, 0.5) is 11.5 Å². The first-order chi connectivity index (χ1) is 14.6. The monoisotopic (exact) mass is 413 g/mol. The quantitative estimate of drug-likeness (QED) is 0.476. The van der Waals surface area contributed by atoms with E-state index in [1.807, 2.05) is 6.07 Å². The van der Waals surface area contributed by atoms with Crippen molar-refractivity contribution < 1.29 is 5.11 Å². The first-order valence-corrected chi connectivity index (χ1v) is 11.6. The number of hydrogen-bond donors (Lipinski definition) is 3. The fourth-order valence-electron chi connectivity index (χ4n) is 4.20. The van der Waals surface area contributed by atoms with E-state index < -0.39 is 0 Å². The second-order valence-corrected chi connectivity index (χ2v) is 8.50. The van der Waals surface area contributed by atoms with E-state index >= 15 is 0 Å². The van der Waals surface area contributed by atoms with Crippen LogP contribution < -0.4 is 10.6 Å². The van der Waals surface area contributed by atoms with Crippen LogP contribution in [-0.2, 0) is 0 Å². The van der Waals surface area contributed by atoms with E-state index in [1.54, 1.807) is 12.1 Å². The van der Waals surface area contributed by atoms with Gasteiger partial charge in [-0.25, -0.2) is 4.98 Å². The molecular formula is C24H39N5O. The molecule has 6 nitrogen and oxygen atoms in total. The molecule has 1 aliphatic heterocycles. The number of hydrogen-bond acceptors (Lipinski definition) is 6. The molecule has 1 fully saturated rings. The molecule has 1 aromatic heterocycles. The van der Waals surface area contributed by atoms with Crippen LogP contribution in [0.5, 0.6) is 5.75 Å². The Balaban J connectivity index is 1.58. The Kier molecular flexibility index (Phi) is 8.58. The van der Waals surface area contributed by atoms with Gasteiger partial charge in [-0.3, -0.25) is 0 Å². The predicted molar refractivity (Wildman–Crippen MR) is 128 cm³/mol. The van der Waals surface area contributed by atoms with E-state index in [-0.39, 0.29) is 5.75 Å². The van der Waals surface area contributed by atoms with Crippen LogP contribution in [0.2, 0.25) is 0 Å². The van der Waals surface area contributed by atoms with Crippen molar-refractivity contribution in [2.75, 3.05) is 56.9 Å². The first kappa shape index (κ1) is 22.6. The molecule has 3 rings (SSSR count). The SMILES string of the molecule is CCN(CC)CCCCCNc1cc(O)cc2ccc(NC3CCN(C)CC3)nc12. The number of rotatable bonds is 11. The fourth-order valence-corrected chi connectivity index (χ4v) is 4.20. The lowest BCUT2D eigenvalue weighted by Gasteiger charge is -2.29. The lowest BCUT2D eigenvalue weighted by Crippen LogP contribution is -2.36. The smallest absolute Gasteiger partial charge is 0.126 e. The number of anilines is 2. The zero-order valence-electron chi connectivity index (χ0n) is 19.0. The van der Waals surface area contributed by atoms with Crippen molar-refractivity contribution in [2.24, 2.45) is 0 Å². The molecule has 0 bridgehead atoms. The maximum absolute atomic E-state index is 10.1. The Morgan fingerprint density at radius 1 is 1.10 bits per heavy atom. The van der Waals surface area contributed by atoms with Gasteiger partial charge < -0.3 is 25.5 Å². The molecule has 6 heteroatoms. The van der Waals surface area contributed by atoms with Gasteiger partial charge in [0.1, 0.15) is 11.6 Å². The largest absolute Gasteiger partial charge is 0.508 e. The minimum Gasteiger partial charge on any atom is -0.508 e. The molecule has 0 saturated carbocycles. The number of phenolic OH excluding ortho intramolecular Hbond substituents is 1. The van der Waals surface area contributed by atoms with Gasteiger partial charge in [-0.1, -0.05) is 20.3 Å². The minimum atomic E-state index is 0.282. The van der Waals surface area contributed by atoms with Gasteiger partial charge in [-0.2, -0.15) is 0 Å². The Morgan fingerprint density at radius 3 is 2.60 bits per heavy atom. The van der Waals surface area contributed by atoms with Gasteiger partial charge in [0, 0.05) is 24.0 Å². The first-order valence-electron chi connectivity index (χ1n) is 11.6. The van der Waals surface area contributed by atoms with Gasteiger partial charge in [-0.05, 0) is 83.7 Å². The van der Waals surface area contributed by atoms with Gasteiger partial charge in [0.2, 0.25) is 0 Å². The maximum Gasteiger partial charge on any atom is 0.126 e. The van der Waals surface area contributed by atoms with E-state index in [9.17, 15) is 5.11 Å². The molecule has 3 N–H and O–H groups in total. The number of fused-ring (bicyclic) bond motifs is 1. The second kappa shape index (κ2) is 11.4. The number of aromatic nitrogens is 1. The van der Waals surface area contributed by atoms with Crippen LogP contribution in [0, 0.1) is 0 Å². The summed E-state index contributed by atoms with van der Waals surface area (Å²) in [5, 5.41) is 18.2. The zero-order chi connectivity index (χ0) is 21.3.